The lowest BCUT2D eigenvalue weighted by atomic mass is 10.1. The van der Waals surface area contributed by atoms with Crippen LogP contribution in [0.3, 0.4) is 0 Å². The molecule has 1 heterocycles. The van der Waals surface area contributed by atoms with Crippen LogP contribution in [0.2, 0.25) is 0 Å². The molecule has 2 aromatic rings. The van der Waals surface area contributed by atoms with Crippen molar-refractivity contribution in [3.8, 4) is 11.8 Å². The summed E-state index contributed by atoms with van der Waals surface area (Å²) in [6.07, 6.45) is 1.47. The Bertz CT molecular complexity index is 913. The summed E-state index contributed by atoms with van der Waals surface area (Å²) in [5.74, 6) is -0.418. The minimum Gasteiger partial charge on any atom is -0.496 e. The molecule has 0 unspecified atom stereocenters. The number of benzene rings is 2. The summed E-state index contributed by atoms with van der Waals surface area (Å²) in [4.78, 5) is 14.6. The summed E-state index contributed by atoms with van der Waals surface area (Å²) >= 11 is 0. The fourth-order valence-corrected chi connectivity index (χ4v) is 2.87. The molecule has 6 nitrogen and oxygen atoms in total. The molecule has 1 fully saturated rings. The van der Waals surface area contributed by atoms with Gasteiger partial charge in [0.15, 0.2) is 0 Å². The lowest BCUT2D eigenvalue weighted by molar-refractivity contribution is -0.112. The van der Waals surface area contributed by atoms with Gasteiger partial charge in [-0.2, -0.15) is 5.26 Å². The van der Waals surface area contributed by atoms with Crippen LogP contribution in [0.1, 0.15) is 5.56 Å². The van der Waals surface area contributed by atoms with Crippen LogP contribution in [0.4, 0.5) is 15.8 Å². The SMILES string of the molecule is COc1cc(N2CCOCC2)ccc1/C=C(/C#N)C(=O)Nc1ccc(F)cc1. The van der Waals surface area contributed by atoms with E-state index in [9.17, 15) is 14.4 Å². The van der Waals surface area contributed by atoms with E-state index >= 15 is 0 Å². The maximum atomic E-state index is 13.0. The van der Waals surface area contributed by atoms with Crippen LogP contribution in [0.5, 0.6) is 5.75 Å². The van der Waals surface area contributed by atoms with Crippen molar-refractivity contribution >= 4 is 23.4 Å². The third-order valence-corrected chi connectivity index (χ3v) is 4.36. The molecular weight excluding hydrogens is 361 g/mol. The normalized spacial score (nSPS) is 14.3. The number of methoxy groups -OCH3 is 1. The van der Waals surface area contributed by atoms with E-state index in [0.717, 1.165) is 18.8 Å². The maximum Gasteiger partial charge on any atom is 0.266 e. The van der Waals surface area contributed by atoms with Gasteiger partial charge in [-0.05, 0) is 42.5 Å². The number of nitrogens with one attached hydrogen (secondary N) is 1. The molecule has 1 aliphatic heterocycles. The highest BCUT2D eigenvalue weighted by Crippen LogP contribution is 2.28. The Balaban J connectivity index is 1.81. The zero-order valence-electron chi connectivity index (χ0n) is 15.4. The molecule has 0 atom stereocenters. The minimum atomic E-state index is -0.576. The van der Waals surface area contributed by atoms with Gasteiger partial charge in [0.25, 0.3) is 5.91 Å². The van der Waals surface area contributed by atoms with Crippen molar-refractivity contribution in [1.29, 1.82) is 5.26 Å². The van der Waals surface area contributed by atoms with Gasteiger partial charge in [-0.15, -0.1) is 0 Å². The van der Waals surface area contributed by atoms with Gasteiger partial charge in [0.05, 0.1) is 20.3 Å². The Morgan fingerprint density at radius 1 is 1.25 bits per heavy atom. The molecule has 2 aromatic carbocycles. The zero-order chi connectivity index (χ0) is 19.9. The van der Waals surface area contributed by atoms with Gasteiger partial charge in [-0.3, -0.25) is 4.79 Å². The highest BCUT2D eigenvalue weighted by atomic mass is 19.1. The molecule has 28 heavy (non-hydrogen) atoms. The Labute approximate surface area is 162 Å². The number of hydrogen-bond donors (Lipinski definition) is 1. The lowest BCUT2D eigenvalue weighted by Gasteiger charge is -2.29. The number of anilines is 2. The van der Waals surface area contributed by atoms with Gasteiger partial charge in [-0.1, -0.05) is 0 Å². The van der Waals surface area contributed by atoms with Crippen molar-refractivity contribution in [2.75, 3.05) is 43.6 Å². The Hall–Kier alpha value is -3.37. The topological polar surface area (TPSA) is 74.6 Å². The van der Waals surface area contributed by atoms with E-state index in [4.69, 9.17) is 9.47 Å². The number of nitrogens with zero attached hydrogens (tertiary/aromatic N) is 2. The van der Waals surface area contributed by atoms with Gasteiger partial charge in [0.1, 0.15) is 23.2 Å². The van der Waals surface area contributed by atoms with E-state index in [1.807, 2.05) is 24.3 Å². The zero-order valence-corrected chi connectivity index (χ0v) is 15.4. The van der Waals surface area contributed by atoms with Crippen LogP contribution in [0.15, 0.2) is 48.0 Å². The van der Waals surface area contributed by atoms with Gasteiger partial charge < -0.3 is 19.7 Å². The molecular formula is C21H20FN3O3. The number of hydrogen-bond acceptors (Lipinski definition) is 5. The predicted octanol–water partition coefficient (Wildman–Crippen LogP) is 3.22. The molecule has 0 aromatic heterocycles. The first-order valence-electron chi connectivity index (χ1n) is 8.80. The maximum absolute atomic E-state index is 13.0. The molecule has 1 amide bonds. The molecule has 3 rings (SSSR count). The molecule has 7 heteroatoms. The second-order valence-electron chi connectivity index (χ2n) is 6.16. The van der Waals surface area contributed by atoms with Crippen LogP contribution in [0.25, 0.3) is 6.08 Å². The van der Waals surface area contributed by atoms with Crippen molar-refractivity contribution in [3.05, 3.63) is 59.4 Å². The average molecular weight is 381 g/mol. The number of rotatable bonds is 5. The summed E-state index contributed by atoms with van der Waals surface area (Å²) in [6.45, 7) is 2.93. The van der Waals surface area contributed by atoms with E-state index in [0.29, 0.717) is 30.2 Å². The Kier molecular flexibility index (Phi) is 6.25. The van der Waals surface area contributed by atoms with Gasteiger partial charge in [0, 0.05) is 36.1 Å². The molecule has 1 aliphatic rings. The molecule has 0 spiro atoms. The van der Waals surface area contributed by atoms with Crippen molar-refractivity contribution < 1.29 is 18.7 Å². The highest BCUT2D eigenvalue weighted by Gasteiger charge is 2.15. The van der Waals surface area contributed by atoms with Crippen molar-refractivity contribution in [1.82, 2.24) is 0 Å². The van der Waals surface area contributed by atoms with Crippen molar-refractivity contribution in [2.24, 2.45) is 0 Å². The first-order valence-corrected chi connectivity index (χ1v) is 8.80. The van der Waals surface area contributed by atoms with Gasteiger partial charge in [-0.25, -0.2) is 4.39 Å². The fraction of sp³-hybridized carbons (Fsp3) is 0.238. The molecule has 1 saturated heterocycles. The van der Waals surface area contributed by atoms with E-state index in [1.165, 1.54) is 30.3 Å². The van der Waals surface area contributed by atoms with E-state index < -0.39 is 11.7 Å². The molecule has 1 N–H and O–H groups in total. The molecule has 0 radical (unpaired) electrons. The lowest BCUT2D eigenvalue weighted by Crippen LogP contribution is -2.36. The summed E-state index contributed by atoms with van der Waals surface area (Å²) in [7, 11) is 1.54. The summed E-state index contributed by atoms with van der Waals surface area (Å²) in [5, 5.41) is 12.0. The Morgan fingerprint density at radius 3 is 2.61 bits per heavy atom. The number of morpholine rings is 1. The van der Waals surface area contributed by atoms with E-state index in [-0.39, 0.29) is 5.57 Å². The first-order chi connectivity index (χ1) is 13.6. The molecule has 0 aliphatic carbocycles. The highest BCUT2D eigenvalue weighted by molar-refractivity contribution is 6.09. The second kappa shape index (κ2) is 9.02. The standard InChI is InChI=1S/C21H20FN3O3/c1-27-20-13-19(25-8-10-28-11-9-25)7-2-15(20)12-16(14-23)21(26)24-18-5-3-17(22)4-6-18/h2-7,12-13H,8-11H2,1H3,(H,24,26)/b16-12-. The number of ether oxygens (including phenoxy) is 2. The minimum absolute atomic E-state index is 0.0817. The van der Waals surface area contributed by atoms with Gasteiger partial charge >= 0.3 is 0 Å². The van der Waals surface area contributed by atoms with Crippen LogP contribution in [-0.2, 0) is 9.53 Å². The van der Waals surface area contributed by atoms with Crippen LogP contribution >= 0.6 is 0 Å². The predicted molar refractivity (Wildman–Crippen MR) is 105 cm³/mol. The Morgan fingerprint density at radius 2 is 1.96 bits per heavy atom. The summed E-state index contributed by atoms with van der Waals surface area (Å²) < 4.78 is 23.8. The third kappa shape index (κ3) is 4.67. The fourth-order valence-electron chi connectivity index (χ4n) is 2.87. The third-order valence-electron chi connectivity index (χ3n) is 4.36. The number of halogens is 1. The molecule has 144 valence electrons. The monoisotopic (exact) mass is 381 g/mol. The number of nitriles is 1. The first kappa shape index (κ1) is 19.4. The number of amides is 1. The largest absolute Gasteiger partial charge is 0.496 e. The number of carbonyl (C=O) groups excluding carboxylic acids is 1. The molecule has 0 bridgehead atoms. The quantitative estimate of drug-likeness (QED) is 0.636. The van der Waals surface area contributed by atoms with E-state index in [2.05, 4.69) is 10.2 Å². The summed E-state index contributed by atoms with van der Waals surface area (Å²) in [5.41, 5.74) is 1.93. The smallest absolute Gasteiger partial charge is 0.266 e. The van der Waals surface area contributed by atoms with Crippen LogP contribution in [0, 0.1) is 17.1 Å². The average Bonchev–Trinajstić information content (AvgIpc) is 2.74. The second-order valence-corrected chi connectivity index (χ2v) is 6.16. The van der Waals surface area contributed by atoms with E-state index in [1.54, 1.807) is 7.11 Å². The molecule has 0 saturated carbocycles. The van der Waals surface area contributed by atoms with Crippen LogP contribution in [-0.4, -0.2) is 39.3 Å². The van der Waals surface area contributed by atoms with Gasteiger partial charge in [0.2, 0.25) is 0 Å². The van der Waals surface area contributed by atoms with Crippen molar-refractivity contribution in [2.45, 2.75) is 0 Å². The number of carbonyl (C=O) groups is 1. The van der Waals surface area contributed by atoms with Crippen molar-refractivity contribution in [3.63, 3.8) is 0 Å². The van der Waals surface area contributed by atoms with Crippen LogP contribution < -0.4 is 15.0 Å². The summed E-state index contributed by atoms with van der Waals surface area (Å²) in [6, 6.07) is 12.8.